The van der Waals surface area contributed by atoms with Crippen molar-refractivity contribution in [1.82, 2.24) is 4.90 Å². The van der Waals surface area contributed by atoms with E-state index in [9.17, 15) is 4.79 Å². The zero-order chi connectivity index (χ0) is 11.8. The van der Waals surface area contributed by atoms with Gasteiger partial charge in [-0.25, -0.2) is 0 Å². The zero-order valence-corrected chi connectivity index (χ0v) is 10.4. The number of nitrogens with zero attached hydrogens (tertiary/aromatic N) is 1. The summed E-state index contributed by atoms with van der Waals surface area (Å²) in [6, 6.07) is 0.758. The van der Waals surface area contributed by atoms with Crippen LogP contribution in [0.25, 0.3) is 0 Å². The molecule has 0 unspecified atom stereocenters. The van der Waals surface area contributed by atoms with Crippen LogP contribution in [0.1, 0.15) is 46.0 Å². The van der Waals surface area contributed by atoms with E-state index in [1.807, 2.05) is 0 Å². The van der Waals surface area contributed by atoms with Gasteiger partial charge in [0.25, 0.3) is 0 Å². The van der Waals surface area contributed by atoms with Crippen molar-refractivity contribution >= 4 is 5.97 Å². The molecule has 2 fully saturated rings. The molecule has 3 heteroatoms. The third-order valence-corrected chi connectivity index (χ3v) is 3.68. The fourth-order valence-corrected chi connectivity index (χ4v) is 2.57. The van der Waals surface area contributed by atoms with E-state index in [4.69, 9.17) is 5.11 Å². The highest BCUT2D eigenvalue weighted by molar-refractivity contribution is 5.68. The predicted octanol–water partition coefficient (Wildman–Crippen LogP) is 2.36. The lowest BCUT2D eigenvalue weighted by Gasteiger charge is -2.28. The summed E-state index contributed by atoms with van der Waals surface area (Å²) < 4.78 is 0. The third kappa shape index (κ3) is 3.21. The Balaban J connectivity index is 1.87. The van der Waals surface area contributed by atoms with Gasteiger partial charge in [0, 0.05) is 19.1 Å². The molecule has 16 heavy (non-hydrogen) atoms. The molecule has 92 valence electrons. The Morgan fingerprint density at radius 1 is 1.44 bits per heavy atom. The molecule has 2 saturated carbocycles. The van der Waals surface area contributed by atoms with Gasteiger partial charge in [-0.05, 0) is 37.0 Å². The first-order valence-electron chi connectivity index (χ1n) is 6.47. The van der Waals surface area contributed by atoms with Gasteiger partial charge in [-0.3, -0.25) is 9.69 Å². The lowest BCUT2D eigenvalue weighted by molar-refractivity contribution is -0.138. The first-order chi connectivity index (χ1) is 7.51. The molecule has 0 amide bonds. The molecule has 0 aromatic carbocycles. The van der Waals surface area contributed by atoms with Crippen LogP contribution in [-0.2, 0) is 4.79 Å². The van der Waals surface area contributed by atoms with E-state index in [2.05, 4.69) is 18.7 Å². The molecule has 3 nitrogen and oxygen atoms in total. The molecular weight excluding hydrogens is 202 g/mol. The normalized spacial score (nSPS) is 22.8. The van der Waals surface area contributed by atoms with Crippen LogP contribution in [0, 0.1) is 11.3 Å². The second kappa shape index (κ2) is 4.36. The van der Waals surface area contributed by atoms with E-state index in [1.54, 1.807) is 0 Å². The SMILES string of the molecule is CC(C)CN(CC1(CC(=O)O)CC1)C1CC1. The van der Waals surface area contributed by atoms with Crippen LogP contribution in [0.5, 0.6) is 0 Å². The average molecular weight is 225 g/mol. The van der Waals surface area contributed by atoms with Gasteiger partial charge in [-0.1, -0.05) is 13.8 Å². The predicted molar refractivity (Wildman–Crippen MR) is 63.4 cm³/mol. The summed E-state index contributed by atoms with van der Waals surface area (Å²) in [6.07, 6.45) is 5.22. The van der Waals surface area contributed by atoms with Crippen molar-refractivity contribution < 1.29 is 9.90 Å². The summed E-state index contributed by atoms with van der Waals surface area (Å²) in [5, 5.41) is 8.92. The summed E-state index contributed by atoms with van der Waals surface area (Å²) >= 11 is 0. The number of hydrogen-bond donors (Lipinski definition) is 1. The minimum Gasteiger partial charge on any atom is -0.481 e. The van der Waals surface area contributed by atoms with E-state index in [-0.39, 0.29) is 5.41 Å². The molecule has 0 spiro atoms. The fraction of sp³-hybridized carbons (Fsp3) is 0.923. The van der Waals surface area contributed by atoms with Crippen molar-refractivity contribution in [2.45, 2.75) is 52.0 Å². The smallest absolute Gasteiger partial charge is 0.303 e. The molecule has 0 aromatic rings. The molecule has 0 radical (unpaired) electrons. The molecule has 2 aliphatic rings. The lowest BCUT2D eigenvalue weighted by atomic mass is 10.0. The van der Waals surface area contributed by atoms with Crippen LogP contribution < -0.4 is 0 Å². The maximum absolute atomic E-state index is 10.8. The Bertz CT molecular complexity index is 267. The average Bonchev–Trinajstić information content (AvgIpc) is 2.93. The van der Waals surface area contributed by atoms with Crippen molar-refractivity contribution in [1.29, 1.82) is 0 Å². The minimum absolute atomic E-state index is 0.128. The van der Waals surface area contributed by atoms with Gasteiger partial charge >= 0.3 is 5.97 Å². The second-order valence-corrected chi connectivity index (χ2v) is 6.12. The standard InChI is InChI=1S/C13H23NO2/c1-10(2)8-14(11-3-4-11)9-13(5-6-13)7-12(15)16/h10-11H,3-9H2,1-2H3,(H,15,16). The third-order valence-electron chi connectivity index (χ3n) is 3.68. The topological polar surface area (TPSA) is 40.5 Å². The number of carbonyl (C=O) groups is 1. The first kappa shape index (κ1) is 11.9. The molecule has 0 aliphatic heterocycles. The Hall–Kier alpha value is -0.570. The van der Waals surface area contributed by atoms with Gasteiger partial charge in [0.05, 0.1) is 6.42 Å². The van der Waals surface area contributed by atoms with Crippen molar-refractivity contribution in [2.24, 2.45) is 11.3 Å². The largest absolute Gasteiger partial charge is 0.481 e. The Kier molecular flexibility index (Phi) is 3.24. The van der Waals surface area contributed by atoms with Crippen LogP contribution in [-0.4, -0.2) is 35.1 Å². The van der Waals surface area contributed by atoms with E-state index in [1.165, 1.54) is 12.8 Å². The number of carboxylic acid groups (broad SMARTS) is 1. The van der Waals surface area contributed by atoms with Crippen molar-refractivity contribution in [3.63, 3.8) is 0 Å². The first-order valence-corrected chi connectivity index (χ1v) is 6.47. The van der Waals surface area contributed by atoms with Crippen LogP contribution in [0.3, 0.4) is 0 Å². The van der Waals surface area contributed by atoms with Crippen LogP contribution in [0.2, 0.25) is 0 Å². The highest BCUT2D eigenvalue weighted by atomic mass is 16.4. The summed E-state index contributed by atoms with van der Waals surface area (Å²) in [5.74, 6) is 0.0546. The van der Waals surface area contributed by atoms with Crippen molar-refractivity contribution in [2.75, 3.05) is 13.1 Å². The number of rotatable bonds is 7. The molecule has 1 N–H and O–H groups in total. The summed E-state index contributed by atoms with van der Waals surface area (Å²) in [7, 11) is 0. The lowest BCUT2D eigenvalue weighted by Crippen LogP contribution is -2.36. The van der Waals surface area contributed by atoms with Gasteiger partial charge in [0.1, 0.15) is 0 Å². The molecule has 0 bridgehead atoms. The molecule has 0 aromatic heterocycles. The quantitative estimate of drug-likeness (QED) is 0.723. The number of carboxylic acids is 1. The molecule has 2 rings (SSSR count). The van der Waals surface area contributed by atoms with Crippen molar-refractivity contribution in [3.8, 4) is 0 Å². The van der Waals surface area contributed by atoms with E-state index in [0.717, 1.165) is 32.0 Å². The van der Waals surface area contributed by atoms with E-state index in [0.29, 0.717) is 12.3 Å². The zero-order valence-electron chi connectivity index (χ0n) is 10.4. The number of aliphatic carboxylic acids is 1. The van der Waals surface area contributed by atoms with Gasteiger partial charge in [0.15, 0.2) is 0 Å². The Morgan fingerprint density at radius 2 is 2.06 bits per heavy atom. The summed E-state index contributed by atoms with van der Waals surface area (Å²) in [6.45, 7) is 6.63. The summed E-state index contributed by atoms with van der Waals surface area (Å²) in [4.78, 5) is 13.4. The molecule has 2 aliphatic carbocycles. The number of hydrogen-bond acceptors (Lipinski definition) is 2. The fourth-order valence-electron chi connectivity index (χ4n) is 2.57. The van der Waals surface area contributed by atoms with E-state index < -0.39 is 5.97 Å². The molecular formula is C13H23NO2. The van der Waals surface area contributed by atoms with Gasteiger partial charge in [-0.15, -0.1) is 0 Å². The monoisotopic (exact) mass is 225 g/mol. The molecule has 0 atom stereocenters. The summed E-state index contributed by atoms with van der Waals surface area (Å²) in [5.41, 5.74) is 0.128. The highest BCUT2D eigenvalue weighted by Crippen LogP contribution is 2.50. The van der Waals surface area contributed by atoms with Gasteiger partial charge < -0.3 is 5.11 Å². The highest BCUT2D eigenvalue weighted by Gasteiger charge is 2.47. The van der Waals surface area contributed by atoms with Gasteiger partial charge in [-0.2, -0.15) is 0 Å². The molecule has 0 heterocycles. The Morgan fingerprint density at radius 3 is 2.44 bits per heavy atom. The van der Waals surface area contributed by atoms with Gasteiger partial charge in [0.2, 0.25) is 0 Å². The Labute approximate surface area is 97.8 Å². The maximum atomic E-state index is 10.8. The van der Waals surface area contributed by atoms with Crippen LogP contribution in [0.4, 0.5) is 0 Å². The van der Waals surface area contributed by atoms with Crippen LogP contribution in [0.15, 0.2) is 0 Å². The van der Waals surface area contributed by atoms with E-state index >= 15 is 0 Å². The minimum atomic E-state index is -0.627. The second-order valence-electron chi connectivity index (χ2n) is 6.12. The molecule has 0 saturated heterocycles. The van der Waals surface area contributed by atoms with Crippen molar-refractivity contribution in [3.05, 3.63) is 0 Å². The van der Waals surface area contributed by atoms with Crippen LogP contribution >= 0.6 is 0 Å². The maximum Gasteiger partial charge on any atom is 0.303 e.